The number of anilines is 1. The van der Waals surface area contributed by atoms with Crippen LogP contribution in [0.5, 0.6) is 0 Å². The van der Waals surface area contributed by atoms with Gasteiger partial charge in [-0.1, -0.05) is 6.92 Å². The highest BCUT2D eigenvalue weighted by Crippen LogP contribution is 2.34. The third-order valence-corrected chi connectivity index (χ3v) is 4.09. The van der Waals surface area contributed by atoms with E-state index in [1.54, 1.807) is 9.58 Å². The molecule has 0 aliphatic carbocycles. The molecule has 1 aromatic rings. The predicted molar refractivity (Wildman–Crippen MR) is 93.4 cm³/mol. The third kappa shape index (κ3) is 4.24. The molecule has 1 fully saturated rings. The first-order valence-corrected chi connectivity index (χ1v) is 8.60. The summed E-state index contributed by atoms with van der Waals surface area (Å²) in [6.07, 6.45) is 1.19. The van der Waals surface area contributed by atoms with E-state index in [4.69, 9.17) is 15.2 Å². The Bertz CT molecular complexity index is 648. The topological polar surface area (TPSA) is 99.7 Å². The van der Waals surface area contributed by atoms with Crippen molar-refractivity contribution < 1.29 is 19.1 Å². The van der Waals surface area contributed by atoms with Crippen molar-refractivity contribution in [3.8, 4) is 0 Å². The van der Waals surface area contributed by atoms with Crippen LogP contribution in [-0.2, 0) is 16.0 Å². The summed E-state index contributed by atoms with van der Waals surface area (Å²) in [5.41, 5.74) is 6.61. The molecular weight excluding hydrogens is 324 g/mol. The average Bonchev–Trinajstić information content (AvgIpc) is 3.11. The monoisotopic (exact) mass is 352 g/mol. The Morgan fingerprint density at radius 2 is 2.04 bits per heavy atom. The van der Waals surface area contributed by atoms with E-state index in [2.05, 4.69) is 5.10 Å². The number of rotatable bonds is 4. The van der Waals surface area contributed by atoms with Gasteiger partial charge in [0.2, 0.25) is 0 Å². The number of nitrogen functional groups attached to an aromatic ring is 1. The van der Waals surface area contributed by atoms with E-state index in [9.17, 15) is 9.59 Å². The van der Waals surface area contributed by atoms with Gasteiger partial charge in [0.25, 0.3) is 0 Å². The summed E-state index contributed by atoms with van der Waals surface area (Å²) < 4.78 is 11.9. The van der Waals surface area contributed by atoms with Gasteiger partial charge >= 0.3 is 12.1 Å². The van der Waals surface area contributed by atoms with E-state index in [0.717, 1.165) is 6.42 Å². The predicted octanol–water partition coefficient (Wildman–Crippen LogP) is 2.39. The van der Waals surface area contributed by atoms with E-state index in [1.165, 1.54) is 7.11 Å². The van der Waals surface area contributed by atoms with Crippen LogP contribution in [0.4, 0.5) is 10.6 Å². The molecule has 0 aromatic carbocycles. The van der Waals surface area contributed by atoms with Crippen molar-refractivity contribution in [2.24, 2.45) is 0 Å². The lowest BCUT2D eigenvalue weighted by molar-refractivity contribution is 0.0292. The zero-order valence-corrected chi connectivity index (χ0v) is 15.7. The quantitative estimate of drug-likeness (QED) is 0.835. The second-order valence-electron chi connectivity index (χ2n) is 7.27. The minimum atomic E-state index is -0.544. The van der Waals surface area contributed by atoms with Crippen molar-refractivity contribution in [2.75, 3.05) is 25.9 Å². The van der Waals surface area contributed by atoms with Crippen LogP contribution in [0.2, 0.25) is 0 Å². The summed E-state index contributed by atoms with van der Waals surface area (Å²) in [7, 11) is 1.32. The molecule has 8 heteroatoms. The molecule has 1 aromatic heterocycles. The highest BCUT2D eigenvalue weighted by atomic mass is 16.6. The Hall–Kier alpha value is -2.25. The van der Waals surface area contributed by atoms with E-state index in [1.807, 2.05) is 27.7 Å². The summed E-state index contributed by atoms with van der Waals surface area (Å²) in [4.78, 5) is 26.0. The summed E-state index contributed by atoms with van der Waals surface area (Å²) >= 11 is 0. The van der Waals surface area contributed by atoms with E-state index in [0.29, 0.717) is 37.4 Å². The standard InChI is InChI=1S/C17H28N4O4/c1-6-8-21-14(18)12(13(19-21)15(22)24-5)11-7-9-20(10-11)16(23)25-17(2,3)4/h11H,6-10,18H2,1-5H3. The largest absolute Gasteiger partial charge is 0.464 e. The number of carbonyl (C=O) groups is 2. The van der Waals surface area contributed by atoms with Crippen LogP contribution in [-0.4, -0.2) is 52.5 Å². The van der Waals surface area contributed by atoms with Gasteiger partial charge in [0.15, 0.2) is 5.69 Å². The average molecular weight is 352 g/mol. The molecule has 1 saturated heterocycles. The lowest BCUT2D eigenvalue weighted by atomic mass is 9.98. The van der Waals surface area contributed by atoms with Crippen molar-refractivity contribution in [2.45, 2.75) is 58.6 Å². The molecule has 0 bridgehead atoms. The van der Waals surface area contributed by atoms with Gasteiger partial charge in [-0.25, -0.2) is 14.3 Å². The molecular formula is C17H28N4O4. The number of methoxy groups -OCH3 is 1. The molecule has 1 atom stereocenters. The van der Waals surface area contributed by atoms with Crippen LogP contribution in [0.1, 0.15) is 62.5 Å². The molecule has 1 aliphatic rings. The molecule has 25 heavy (non-hydrogen) atoms. The van der Waals surface area contributed by atoms with Gasteiger partial charge in [-0.05, 0) is 33.6 Å². The summed E-state index contributed by atoms with van der Waals surface area (Å²) in [5.74, 6) is -0.0993. The van der Waals surface area contributed by atoms with Gasteiger partial charge in [0.1, 0.15) is 11.4 Å². The van der Waals surface area contributed by atoms with Crippen LogP contribution < -0.4 is 5.73 Å². The second-order valence-corrected chi connectivity index (χ2v) is 7.27. The molecule has 0 spiro atoms. The number of amides is 1. The second kappa shape index (κ2) is 7.33. The molecule has 8 nitrogen and oxygen atoms in total. The fraction of sp³-hybridized carbons (Fsp3) is 0.706. The molecule has 2 N–H and O–H groups in total. The number of likely N-dealkylation sites (tertiary alicyclic amines) is 1. The maximum absolute atomic E-state index is 12.3. The number of nitrogens with two attached hydrogens (primary N) is 1. The first-order chi connectivity index (χ1) is 11.7. The van der Waals surface area contributed by atoms with Crippen LogP contribution in [0.3, 0.4) is 0 Å². The first kappa shape index (κ1) is 19.1. The lowest BCUT2D eigenvalue weighted by Gasteiger charge is -2.24. The van der Waals surface area contributed by atoms with Gasteiger partial charge in [0, 0.05) is 31.1 Å². The van der Waals surface area contributed by atoms with Crippen molar-refractivity contribution in [3.63, 3.8) is 0 Å². The minimum Gasteiger partial charge on any atom is -0.464 e. The molecule has 140 valence electrons. The van der Waals surface area contributed by atoms with Gasteiger partial charge in [-0.3, -0.25) is 0 Å². The first-order valence-electron chi connectivity index (χ1n) is 8.60. The van der Waals surface area contributed by atoms with Crippen LogP contribution in [0.15, 0.2) is 0 Å². The maximum Gasteiger partial charge on any atom is 0.410 e. The normalized spacial score (nSPS) is 17.6. The Labute approximate surface area is 148 Å². The van der Waals surface area contributed by atoms with Crippen LogP contribution >= 0.6 is 0 Å². The molecule has 1 aliphatic heterocycles. The van der Waals surface area contributed by atoms with E-state index < -0.39 is 11.6 Å². The fourth-order valence-corrected chi connectivity index (χ4v) is 3.01. The maximum atomic E-state index is 12.3. The van der Waals surface area contributed by atoms with E-state index in [-0.39, 0.29) is 17.7 Å². The Balaban J connectivity index is 2.24. The zero-order chi connectivity index (χ0) is 18.8. The van der Waals surface area contributed by atoms with Crippen molar-refractivity contribution >= 4 is 17.9 Å². The number of hydrogen-bond donors (Lipinski definition) is 1. The third-order valence-electron chi connectivity index (χ3n) is 4.09. The van der Waals surface area contributed by atoms with Gasteiger partial charge in [-0.15, -0.1) is 0 Å². The number of esters is 1. The van der Waals surface area contributed by atoms with Crippen molar-refractivity contribution in [1.29, 1.82) is 0 Å². The zero-order valence-electron chi connectivity index (χ0n) is 15.7. The van der Waals surface area contributed by atoms with Gasteiger partial charge in [-0.2, -0.15) is 5.10 Å². The summed E-state index contributed by atoms with van der Waals surface area (Å²) in [6, 6.07) is 0. The Morgan fingerprint density at radius 3 is 2.60 bits per heavy atom. The number of aryl methyl sites for hydroxylation is 1. The molecule has 2 rings (SSSR count). The number of ether oxygens (including phenoxy) is 2. The molecule has 0 radical (unpaired) electrons. The number of hydrogen-bond acceptors (Lipinski definition) is 6. The number of carbonyl (C=O) groups excluding carboxylic acids is 2. The molecule has 0 saturated carbocycles. The van der Waals surface area contributed by atoms with Crippen LogP contribution in [0, 0.1) is 0 Å². The van der Waals surface area contributed by atoms with E-state index >= 15 is 0 Å². The minimum absolute atomic E-state index is 0.0628. The highest BCUT2D eigenvalue weighted by Gasteiger charge is 2.36. The Kier molecular flexibility index (Phi) is 5.59. The summed E-state index contributed by atoms with van der Waals surface area (Å²) in [5, 5.41) is 4.33. The molecule has 1 unspecified atom stereocenters. The Morgan fingerprint density at radius 1 is 1.36 bits per heavy atom. The van der Waals surface area contributed by atoms with Crippen molar-refractivity contribution in [3.05, 3.63) is 11.3 Å². The summed E-state index contributed by atoms with van der Waals surface area (Å²) in [6.45, 7) is 9.14. The van der Waals surface area contributed by atoms with Gasteiger partial charge in [0.05, 0.1) is 7.11 Å². The number of aromatic nitrogens is 2. The fourth-order valence-electron chi connectivity index (χ4n) is 3.01. The number of nitrogens with zero attached hydrogens (tertiary/aromatic N) is 3. The highest BCUT2D eigenvalue weighted by molar-refractivity contribution is 5.90. The SMILES string of the molecule is CCCn1nc(C(=O)OC)c(C2CCN(C(=O)OC(C)(C)C)C2)c1N. The smallest absolute Gasteiger partial charge is 0.410 e. The molecule has 1 amide bonds. The molecule has 2 heterocycles. The van der Waals surface area contributed by atoms with Gasteiger partial charge < -0.3 is 20.1 Å². The lowest BCUT2D eigenvalue weighted by Crippen LogP contribution is -2.35. The van der Waals surface area contributed by atoms with Crippen LogP contribution in [0.25, 0.3) is 0 Å². The van der Waals surface area contributed by atoms with Crippen molar-refractivity contribution in [1.82, 2.24) is 14.7 Å².